The number of nitrogens with one attached hydrogen (secondary N) is 1. The molecule has 1 aliphatic carbocycles. The van der Waals surface area contributed by atoms with Gasteiger partial charge >= 0.3 is 0 Å². The molecule has 1 N–H and O–H groups in total. The van der Waals surface area contributed by atoms with Gasteiger partial charge in [0.05, 0.1) is 35.5 Å². The lowest BCUT2D eigenvalue weighted by Crippen LogP contribution is -2.35. The third-order valence-corrected chi connectivity index (χ3v) is 6.31. The lowest BCUT2D eigenvalue weighted by atomic mass is 9.90. The number of rotatable bonds is 7. The first-order valence-electron chi connectivity index (χ1n) is 10.4. The summed E-state index contributed by atoms with van der Waals surface area (Å²) >= 11 is 5.89. The van der Waals surface area contributed by atoms with E-state index in [0.29, 0.717) is 11.0 Å². The first-order chi connectivity index (χ1) is 14.8. The summed E-state index contributed by atoms with van der Waals surface area (Å²) in [5, 5.41) is 8.06. The van der Waals surface area contributed by atoms with E-state index < -0.39 is 0 Å². The predicted octanol–water partition coefficient (Wildman–Crippen LogP) is 2.86. The maximum Gasteiger partial charge on any atom is 0.252 e. The number of hydrogen-bond acceptors (Lipinski definition) is 8. The molecule has 0 aromatic carbocycles. The Morgan fingerprint density at radius 1 is 1.00 bits per heavy atom. The highest BCUT2D eigenvalue weighted by Crippen LogP contribution is 2.49. The van der Waals surface area contributed by atoms with Crippen LogP contribution in [0.25, 0.3) is 5.95 Å². The van der Waals surface area contributed by atoms with Crippen LogP contribution in [0.4, 0.5) is 11.6 Å². The Bertz CT molecular complexity index is 937. The Labute approximate surface area is 180 Å². The minimum absolute atomic E-state index is 0.524. The Kier molecular flexibility index (Phi) is 5.44. The SMILES string of the molecule is Clc1cnc(N2CCC(C3CC3CCNc3cnc(-n4cncn4)nc3)CC2)nc1. The van der Waals surface area contributed by atoms with Crippen LogP contribution < -0.4 is 10.2 Å². The zero-order valence-corrected chi connectivity index (χ0v) is 17.4. The fraction of sp³-hybridized carbons (Fsp3) is 0.500. The highest BCUT2D eigenvalue weighted by molar-refractivity contribution is 6.30. The molecule has 2 atom stereocenters. The van der Waals surface area contributed by atoms with Gasteiger partial charge in [-0.3, -0.25) is 0 Å². The number of hydrogen-bond donors (Lipinski definition) is 1. The lowest BCUT2D eigenvalue weighted by molar-refractivity contribution is 0.343. The average molecular weight is 426 g/mol. The van der Waals surface area contributed by atoms with Crippen LogP contribution in [0.3, 0.4) is 0 Å². The molecule has 1 saturated carbocycles. The van der Waals surface area contributed by atoms with Crippen molar-refractivity contribution in [1.29, 1.82) is 0 Å². The molecule has 30 heavy (non-hydrogen) atoms. The first-order valence-corrected chi connectivity index (χ1v) is 10.8. The Hall–Kier alpha value is -2.81. The molecule has 5 rings (SSSR count). The van der Waals surface area contributed by atoms with Crippen LogP contribution in [0.1, 0.15) is 25.7 Å². The van der Waals surface area contributed by atoms with Crippen LogP contribution in [0, 0.1) is 17.8 Å². The van der Waals surface area contributed by atoms with Gasteiger partial charge in [0.15, 0.2) is 0 Å². The summed E-state index contributed by atoms with van der Waals surface area (Å²) in [6.07, 6.45) is 15.0. The second kappa shape index (κ2) is 8.51. The molecule has 156 valence electrons. The van der Waals surface area contributed by atoms with Crippen LogP contribution in [0.5, 0.6) is 0 Å². The quantitative estimate of drug-likeness (QED) is 0.617. The van der Waals surface area contributed by atoms with Crippen molar-refractivity contribution in [1.82, 2.24) is 34.7 Å². The van der Waals surface area contributed by atoms with Gasteiger partial charge in [0, 0.05) is 19.6 Å². The van der Waals surface area contributed by atoms with Crippen molar-refractivity contribution in [2.45, 2.75) is 25.7 Å². The first kappa shape index (κ1) is 19.2. The van der Waals surface area contributed by atoms with E-state index in [2.05, 4.69) is 40.2 Å². The topological polar surface area (TPSA) is 97.5 Å². The zero-order valence-electron chi connectivity index (χ0n) is 16.6. The van der Waals surface area contributed by atoms with E-state index >= 15 is 0 Å². The molecule has 2 unspecified atom stereocenters. The van der Waals surface area contributed by atoms with Crippen LogP contribution in [0.15, 0.2) is 37.4 Å². The monoisotopic (exact) mass is 425 g/mol. The molecule has 2 fully saturated rings. The minimum atomic E-state index is 0.524. The maximum atomic E-state index is 5.89. The maximum absolute atomic E-state index is 5.89. The number of anilines is 2. The molecule has 2 aliphatic rings. The van der Waals surface area contributed by atoms with Crippen molar-refractivity contribution in [3.8, 4) is 5.95 Å². The highest BCUT2D eigenvalue weighted by Gasteiger charge is 2.43. The van der Waals surface area contributed by atoms with Crippen LogP contribution in [-0.4, -0.2) is 54.3 Å². The van der Waals surface area contributed by atoms with Crippen molar-refractivity contribution in [3.05, 3.63) is 42.5 Å². The molecule has 0 spiro atoms. The molecule has 10 heteroatoms. The summed E-state index contributed by atoms with van der Waals surface area (Å²) in [4.78, 5) is 23.5. The van der Waals surface area contributed by atoms with Gasteiger partial charge in [0.25, 0.3) is 5.95 Å². The number of aromatic nitrogens is 7. The molecule has 0 amide bonds. The molecule has 9 nitrogen and oxygen atoms in total. The summed E-state index contributed by atoms with van der Waals surface area (Å²) in [5.41, 5.74) is 0.937. The standard InChI is InChI=1S/C20H24ClN9/c21-16-8-24-19(25-9-16)29-5-2-14(3-6-29)18-7-15(18)1-4-23-17-10-26-20(27-11-17)30-13-22-12-28-30/h8-15,18,23H,1-7H2. The largest absolute Gasteiger partial charge is 0.383 e. The highest BCUT2D eigenvalue weighted by atomic mass is 35.5. The van der Waals surface area contributed by atoms with Gasteiger partial charge in [-0.25, -0.2) is 24.9 Å². The number of piperidine rings is 1. The van der Waals surface area contributed by atoms with Gasteiger partial charge in [-0.05, 0) is 43.4 Å². The second-order valence-electron chi connectivity index (χ2n) is 8.01. The average Bonchev–Trinajstić information content (AvgIpc) is 3.34. The van der Waals surface area contributed by atoms with Gasteiger partial charge in [-0.15, -0.1) is 0 Å². The molecule has 0 radical (unpaired) electrons. The molecule has 3 aromatic rings. The number of halogens is 1. The van der Waals surface area contributed by atoms with Crippen molar-refractivity contribution >= 4 is 23.2 Å². The van der Waals surface area contributed by atoms with Crippen LogP contribution >= 0.6 is 11.6 Å². The Morgan fingerprint density at radius 2 is 1.73 bits per heavy atom. The second-order valence-corrected chi connectivity index (χ2v) is 8.45. The molecular weight excluding hydrogens is 402 g/mol. The van der Waals surface area contributed by atoms with Crippen molar-refractivity contribution < 1.29 is 0 Å². The summed E-state index contributed by atoms with van der Waals surface area (Å²) in [7, 11) is 0. The van der Waals surface area contributed by atoms with E-state index in [0.717, 1.165) is 49.0 Å². The van der Waals surface area contributed by atoms with E-state index in [4.69, 9.17) is 11.6 Å². The fourth-order valence-electron chi connectivity index (χ4n) is 4.42. The summed E-state index contributed by atoms with van der Waals surface area (Å²) < 4.78 is 1.54. The third-order valence-electron chi connectivity index (χ3n) is 6.12. The van der Waals surface area contributed by atoms with Gasteiger partial charge in [-0.1, -0.05) is 11.6 Å². The lowest BCUT2D eigenvalue weighted by Gasteiger charge is -2.32. The Balaban J connectivity index is 1.03. The van der Waals surface area contributed by atoms with Gasteiger partial charge in [0.2, 0.25) is 5.95 Å². The van der Waals surface area contributed by atoms with Crippen molar-refractivity contribution in [3.63, 3.8) is 0 Å². The van der Waals surface area contributed by atoms with E-state index in [1.165, 1.54) is 32.0 Å². The predicted molar refractivity (Wildman–Crippen MR) is 114 cm³/mol. The zero-order chi connectivity index (χ0) is 20.3. The van der Waals surface area contributed by atoms with E-state index in [9.17, 15) is 0 Å². The molecule has 0 bridgehead atoms. The molecular formula is C20H24ClN9. The van der Waals surface area contributed by atoms with Gasteiger partial charge in [0.1, 0.15) is 12.7 Å². The van der Waals surface area contributed by atoms with E-state index in [1.807, 2.05) is 0 Å². The van der Waals surface area contributed by atoms with E-state index in [-0.39, 0.29) is 0 Å². The van der Waals surface area contributed by atoms with Gasteiger partial charge < -0.3 is 10.2 Å². The summed E-state index contributed by atoms with van der Waals surface area (Å²) in [5.74, 6) is 3.84. The molecule has 1 saturated heterocycles. The van der Waals surface area contributed by atoms with E-state index in [1.54, 1.807) is 35.8 Å². The number of nitrogens with zero attached hydrogens (tertiary/aromatic N) is 8. The van der Waals surface area contributed by atoms with Crippen LogP contribution in [-0.2, 0) is 0 Å². The van der Waals surface area contributed by atoms with Gasteiger partial charge in [-0.2, -0.15) is 9.78 Å². The fourth-order valence-corrected chi connectivity index (χ4v) is 4.52. The minimum Gasteiger partial charge on any atom is -0.383 e. The van der Waals surface area contributed by atoms with Crippen LogP contribution in [0.2, 0.25) is 5.02 Å². The smallest absolute Gasteiger partial charge is 0.252 e. The van der Waals surface area contributed by atoms with Crippen molar-refractivity contribution in [2.24, 2.45) is 17.8 Å². The molecule has 4 heterocycles. The summed E-state index contributed by atoms with van der Waals surface area (Å²) in [6.45, 7) is 3.01. The molecule has 1 aliphatic heterocycles. The van der Waals surface area contributed by atoms with Crippen molar-refractivity contribution in [2.75, 3.05) is 29.9 Å². The molecule has 3 aromatic heterocycles. The summed E-state index contributed by atoms with van der Waals surface area (Å²) in [6, 6.07) is 0. The third kappa shape index (κ3) is 4.35. The Morgan fingerprint density at radius 3 is 2.43 bits per heavy atom. The normalized spacial score (nSPS) is 21.6.